The van der Waals surface area contributed by atoms with E-state index in [-0.39, 0.29) is 21.2 Å². The van der Waals surface area contributed by atoms with Crippen LogP contribution in [0.4, 0.5) is 11.4 Å². The molecule has 0 radical (unpaired) electrons. The van der Waals surface area contributed by atoms with E-state index in [1.165, 1.54) is 7.14 Å². The molecule has 146 valence electrons. The molecule has 4 rings (SSSR count). The normalized spacial score (nSPS) is 12.4. The van der Waals surface area contributed by atoms with Crippen molar-refractivity contribution in [1.82, 2.24) is 0 Å². The number of thiophene rings is 2. The van der Waals surface area contributed by atoms with Gasteiger partial charge in [0.15, 0.2) is 0 Å². The number of hydrogen-bond acceptors (Lipinski definition) is 4. The molecule has 0 spiro atoms. The number of benzene rings is 2. The van der Waals surface area contributed by atoms with Gasteiger partial charge in [0.05, 0.1) is 0 Å². The van der Waals surface area contributed by atoms with Crippen LogP contribution in [0.25, 0.3) is 0 Å². The summed E-state index contributed by atoms with van der Waals surface area (Å²) in [5.41, 5.74) is 14.0. The molecule has 0 bridgehead atoms. The summed E-state index contributed by atoms with van der Waals surface area (Å²) in [6, 6.07) is 24.5. The second-order valence-corrected chi connectivity index (χ2v) is 10.9. The van der Waals surface area contributed by atoms with Gasteiger partial charge < -0.3 is 0 Å². The van der Waals surface area contributed by atoms with Gasteiger partial charge in [-0.15, -0.1) is 0 Å². The van der Waals surface area contributed by atoms with Gasteiger partial charge in [0.25, 0.3) is 0 Å². The van der Waals surface area contributed by atoms with Crippen molar-refractivity contribution in [2.24, 2.45) is 21.5 Å². The molecule has 0 aliphatic heterocycles. The van der Waals surface area contributed by atoms with Crippen molar-refractivity contribution in [3.8, 4) is 0 Å². The molecule has 4 nitrogen and oxygen atoms in total. The van der Waals surface area contributed by atoms with Gasteiger partial charge in [0, 0.05) is 0 Å². The van der Waals surface area contributed by atoms with E-state index in [9.17, 15) is 0 Å². The van der Waals surface area contributed by atoms with Crippen molar-refractivity contribution >= 4 is 45.7 Å². The van der Waals surface area contributed by atoms with E-state index in [1.54, 1.807) is 22.7 Å². The number of nitrogens with zero attached hydrogens (tertiary/aromatic N) is 2. The summed E-state index contributed by atoms with van der Waals surface area (Å²) < 4.78 is 2.55. The van der Waals surface area contributed by atoms with E-state index in [0.717, 1.165) is 21.1 Å². The van der Waals surface area contributed by atoms with E-state index in [4.69, 9.17) is 11.5 Å². The molecule has 0 unspecified atom stereocenters. The molecule has 0 saturated heterocycles. The molecule has 2 heterocycles. The molecule has 29 heavy (non-hydrogen) atoms. The molecule has 2 aromatic heterocycles. The zero-order valence-electron chi connectivity index (χ0n) is 15.3. The predicted octanol–water partition coefficient (Wildman–Crippen LogP) is 2.01. The third kappa shape index (κ3) is 5.31. The van der Waals surface area contributed by atoms with E-state index in [0.29, 0.717) is 11.7 Å². The Labute approximate surface area is 187 Å². The molecule has 2 aromatic carbocycles. The molecule has 7 heteroatoms. The van der Waals surface area contributed by atoms with E-state index < -0.39 is 0 Å². The molecule has 4 N–H and O–H groups in total. The Morgan fingerprint density at radius 3 is 1.55 bits per heavy atom. The molecule has 4 aromatic rings. The number of rotatable bonds is 6. The Hall–Kier alpha value is -2.49. The topological polar surface area (TPSA) is 76.8 Å². The van der Waals surface area contributed by atoms with Gasteiger partial charge in [-0.1, -0.05) is 0 Å². The van der Waals surface area contributed by atoms with Crippen LogP contribution in [0, 0.1) is 7.14 Å². The van der Waals surface area contributed by atoms with Crippen LogP contribution in [0.2, 0.25) is 0 Å². The minimum absolute atomic E-state index is 0.363. The van der Waals surface area contributed by atoms with Gasteiger partial charge in [-0.3, -0.25) is 0 Å². The van der Waals surface area contributed by atoms with Crippen LogP contribution in [0.3, 0.4) is 0 Å². The Bertz CT molecular complexity index is 1060. The summed E-state index contributed by atoms with van der Waals surface area (Å²) in [6.07, 6.45) is 0. The first-order valence-electron chi connectivity index (χ1n) is 8.78. The number of halogens is 1. The van der Waals surface area contributed by atoms with Crippen molar-refractivity contribution in [3.05, 3.63) is 100 Å². The van der Waals surface area contributed by atoms with Crippen LogP contribution < -0.4 is 32.7 Å². The Balaban J connectivity index is 1.53. The van der Waals surface area contributed by atoms with Crippen LogP contribution in [-0.2, 0) is 0 Å². The van der Waals surface area contributed by atoms with Crippen molar-refractivity contribution in [2.45, 2.75) is 0 Å². The zero-order valence-corrected chi connectivity index (χ0v) is 19.1. The Morgan fingerprint density at radius 2 is 1.14 bits per heavy atom. The van der Waals surface area contributed by atoms with Crippen LogP contribution in [0.15, 0.2) is 93.5 Å². The van der Waals surface area contributed by atoms with Gasteiger partial charge in [0.2, 0.25) is 0 Å². The summed E-state index contributed by atoms with van der Waals surface area (Å²) in [5, 5.41) is 4.00. The summed E-state index contributed by atoms with van der Waals surface area (Å²) in [7, 11) is 0. The molecule has 0 fully saturated rings. The maximum absolute atomic E-state index is 6.12. The average Bonchev–Trinajstić information content (AvgIpc) is 3.43. The molecule has 0 atom stereocenters. The Kier molecular flexibility index (Phi) is 6.38. The van der Waals surface area contributed by atoms with Crippen LogP contribution >= 0.6 is 22.7 Å². The minimum atomic E-state index is -0.363. The van der Waals surface area contributed by atoms with Crippen molar-refractivity contribution in [2.75, 3.05) is 0 Å². The molecular weight excluding hydrogens is 511 g/mol. The first-order chi connectivity index (χ1) is 14.2. The van der Waals surface area contributed by atoms with E-state index in [2.05, 4.69) is 34.3 Å². The summed E-state index contributed by atoms with van der Waals surface area (Å²) in [4.78, 5) is 11.1. The molecule has 0 saturated carbocycles. The van der Waals surface area contributed by atoms with Crippen LogP contribution in [0.1, 0.15) is 9.75 Å². The fourth-order valence-electron chi connectivity index (χ4n) is 2.57. The van der Waals surface area contributed by atoms with E-state index in [1.807, 2.05) is 59.3 Å². The standard InChI is InChI=1S/C22H18IN4S2/c24-21(19-9-3-11-28-19)26-17-7-1-5-15(13-17)23-16-6-2-8-18(14-16)27-22(25)20-10-4-12-29-20/h1-14H,(H2,24,26)(H2,25,27)/q-1. The van der Waals surface area contributed by atoms with Gasteiger partial charge in [-0.25, -0.2) is 0 Å². The van der Waals surface area contributed by atoms with Crippen LogP contribution in [-0.4, -0.2) is 11.7 Å². The molecule has 0 aliphatic rings. The maximum atomic E-state index is 6.12. The first kappa shape index (κ1) is 19.8. The predicted molar refractivity (Wildman–Crippen MR) is 120 cm³/mol. The third-order valence-corrected chi connectivity index (χ3v) is 8.25. The molecular formula is C22H18IN4S2-. The zero-order chi connectivity index (χ0) is 20.1. The third-order valence-electron chi connectivity index (χ3n) is 3.88. The van der Waals surface area contributed by atoms with Crippen molar-refractivity contribution in [3.63, 3.8) is 0 Å². The molecule has 0 aliphatic carbocycles. The number of hydrogen-bond donors (Lipinski definition) is 2. The molecule has 0 amide bonds. The second-order valence-electron chi connectivity index (χ2n) is 6.00. The fraction of sp³-hybridized carbons (Fsp3) is 0. The van der Waals surface area contributed by atoms with Gasteiger partial charge in [-0.05, 0) is 0 Å². The fourth-order valence-corrected chi connectivity index (χ4v) is 6.27. The van der Waals surface area contributed by atoms with Gasteiger partial charge >= 0.3 is 189 Å². The number of aliphatic imine (C=N–C) groups is 2. The first-order valence-corrected chi connectivity index (χ1v) is 12.7. The number of nitrogens with two attached hydrogens (primary N) is 2. The quantitative estimate of drug-likeness (QED) is 0.228. The van der Waals surface area contributed by atoms with Gasteiger partial charge in [-0.2, -0.15) is 0 Å². The summed E-state index contributed by atoms with van der Waals surface area (Å²) in [6.45, 7) is 0. The monoisotopic (exact) mass is 529 g/mol. The van der Waals surface area contributed by atoms with E-state index >= 15 is 0 Å². The van der Waals surface area contributed by atoms with Crippen molar-refractivity contribution < 1.29 is 21.2 Å². The Morgan fingerprint density at radius 1 is 0.655 bits per heavy atom. The second kappa shape index (κ2) is 9.34. The SMILES string of the molecule is NC(=Nc1cccc([I-]c2cccc(N=C(N)c3cccs3)c2)c1)c1cccs1. The number of amidine groups is 2. The van der Waals surface area contributed by atoms with Gasteiger partial charge in [0.1, 0.15) is 0 Å². The summed E-state index contributed by atoms with van der Waals surface area (Å²) >= 11 is 2.82. The van der Waals surface area contributed by atoms with Crippen LogP contribution in [0.5, 0.6) is 0 Å². The average molecular weight is 529 g/mol. The summed E-state index contributed by atoms with van der Waals surface area (Å²) in [5.74, 6) is 1.10. The van der Waals surface area contributed by atoms with Crippen molar-refractivity contribution in [1.29, 1.82) is 0 Å².